The first-order valence-corrected chi connectivity index (χ1v) is 20.2. The number of hydrogen-bond acceptors (Lipinski definition) is 11. The molecule has 0 aliphatic rings. The van der Waals surface area contributed by atoms with E-state index in [-0.39, 0.29) is 34.5 Å². The maximum Gasteiger partial charge on any atom is 0.573 e. The zero-order valence-corrected chi connectivity index (χ0v) is 38.7. The van der Waals surface area contributed by atoms with Crippen molar-refractivity contribution in [2.75, 3.05) is 25.3 Å². The number of halogens is 10. The van der Waals surface area contributed by atoms with Gasteiger partial charge in [-0.25, -0.2) is 23.5 Å². The molecule has 2 heterocycles. The molecule has 4 N–H and O–H groups in total. The molecule has 0 aliphatic carbocycles. The van der Waals surface area contributed by atoms with E-state index in [2.05, 4.69) is 56.6 Å². The van der Waals surface area contributed by atoms with Crippen LogP contribution in [0.4, 0.5) is 46.5 Å². The number of nitrogens with one attached hydrogen (secondary N) is 1. The van der Waals surface area contributed by atoms with Crippen LogP contribution in [0, 0.1) is 39.3 Å². The summed E-state index contributed by atoms with van der Waals surface area (Å²) in [6.07, 6.45) is -6.51. The Morgan fingerprint density at radius 3 is 1.46 bits per heavy atom. The lowest BCUT2D eigenvalue weighted by Crippen LogP contribution is -2.17. The van der Waals surface area contributed by atoms with Crippen LogP contribution in [0.2, 0.25) is 0 Å². The number of rotatable bonds is 11. The number of ether oxygens (including phenoxy) is 6. The minimum absolute atomic E-state index is 0.0473. The number of hydrogen-bond donors (Lipinski definition) is 3. The molecule has 13 nitrogen and oxygen atoms in total. The number of anilines is 2. The number of alkyl halides is 6. The van der Waals surface area contributed by atoms with Crippen molar-refractivity contribution in [2.24, 2.45) is 0 Å². The van der Waals surface area contributed by atoms with Crippen LogP contribution in [0.5, 0.6) is 46.0 Å². The number of nitrogen functional groups attached to an aromatic ring is 1. The Kier molecular flexibility index (Phi) is 17.7. The minimum atomic E-state index is -4.89. The molecule has 0 atom stereocenters. The van der Waals surface area contributed by atoms with E-state index in [4.69, 9.17) is 29.8 Å². The molecule has 0 bridgehead atoms. The Balaban J connectivity index is 0.000000253. The average molecular weight is 1080 g/mol. The maximum atomic E-state index is 14.8. The topological polar surface area (TPSA) is 174 Å². The molecule has 4 aromatic carbocycles. The fourth-order valence-corrected chi connectivity index (χ4v) is 6.12. The molecule has 0 unspecified atom stereocenters. The van der Waals surface area contributed by atoms with E-state index in [0.717, 1.165) is 64.4 Å². The van der Waals surface area contributed by atoms with Crippen LogP contribution < -0.4 is 39.5 Å². The summed E-state index contributed by atoms with van der Waals surface area (Å²) in [5.41, 5.74) is 8.13. The van der Waals surface area contributed by atoms with E-state index in [1.165, 1.54) is 39.5 Å². The van der Waals surface area contributed by atoms with Gasteiger partial charge in [-0.2, -0.15) is 0 Å². The van der Waals surface area contributed by atoms with Gasteiger partial charge in [0.15, 0.2) is 23.0 Å². The second-order valence-electron chi connectivity index (χ2n) is 13.6. The number of aromatic carboxylic acids is 1. The Morgan fingerprint density at radius 1 is 0.612 bits per heavy atom. The maximum absolute atomic E-state index is 14.8. The summed E-state index contributed by atoms with van der Waals surface area (Å²) in [5.74, 6) is -6.15. The third-order valence-corrected chi connectivity index (χ3v) is 9.31. The van der Waals surface area contributed by atoms with Gasteiger partial charge in [0.2, 0.25) is 0 Å². The monoisotopic (exact) mass is 1070 g/mol. The smallest absolute Gasteiger partial charge is 0.493 e. The normalized spacial score (nSPS) is 10.9. The number of nitrogens with zero attached hydrogens (tertiary/aromatic N) is 2. The van der Waals surface area contributed by atoms with Crippen LogP contribution in [-0.2, 0) is 0 Å². The van der Waals surface area contributed by atoms with Gasteiger partial charge in [0, 0.05) is 35.9 Å². The van der Waals surface area contributed by atoms with Crippen molar-refractivity contribution in [3.63, 3.8) is 0 Å². The highest BCUT2D eigenvalue weighted by atomic mass is 79.9. The predicted molar refractivity (Wildman–Crippen MR) is 234 cm³/mol. The highest BCUT2D eigenvalue weighted by Gasteiger charge is 2.33. The number of methoxy groups -OCH3 is 2. The average Bonchev–Trinajstić information content (AvgIpc) is 3.20. The van der Waals surface area contributed by atoms with Crippen molar-refractivity contribution in [3.05, 3.63) is 139 Å². The lowest BCUT2D eigenvalue weighted by atomic mass is 10.1. The zero-order chi connectivity index (χ0) is 50.0. The first-order chi connectivity index (χ1) is 31.3. The predicted octanol–water partition coefficient (Wildman–Crippen LogP) is 12.8. The summed E-state index contributed by atoms with van der Waals surface area (Å²) in [6.45, 7) is 6.76. The van der Waals surface area contributed by atoms with Crippen LogP contribution in [0.1, 0.15) is 43.0 Å². The van der Waals surface area contributed by atoms with E-state index in [9.17, 15) is 44.7 Å². The molecular formula is C44H36Br2F8N4O9. The van der Waals surface area contributed by atoms with E-state index in [1.807, 2.05) is 6.92 Å². The van der Waals surface area contributed by atoms with Gasteiger partial charge in [-0.05, 0) is 142 Å². The molecule has 0 aliphatic heterocycles. The van der Waals surface area contributed by atoms with Crippen molar-refractivity contribution in [1.29, 1.82) is 0 Å². The van der Waals surface area contributed by atoms with Crippen molar-refractivity contribution >= 4 is 55.1 Å². The molecule has 67 heavy (non-hydrogen) atoms. The van der Waals surface area contributed by atoms with Gasteiger partial charge in [-0.3, -0.25) is 4.79 Å². The van der Waals surface area contributed by atoms with Gasteiger partial charge in [-0.1, -0.05) is 0 Å². The quantitative estimate of drug-likeness (QED) is 0.0829. The standard InChI is InChI=1S/C22H17BrF4N2O4.C16H12F4O5.C6H7BrN2/c1-11-6-14(24)20(21(30)29-15-9-19(23)28-10-12(15)2)18(7-11)32-16-5-4-13(8-17(16)31-3)33-22(25,26)27;1-8-5-10(17)14(15(21)22)13(6-8)24-11-4-3-9(7-12(11)23-2)25-16(18,19)20;1-4-3-9-6(7)2-5(4)8/h4-10H,1-3H3,(H,28,29,30);3-7H,1-2H3,(H,21,22);2-3H,1H3,(H2,8,9). The SMILES string of the molecule is COc1cc(OC(F)(F)F)ccc1Oc1cc(C)cc(F)c1C(=O)Nc1cc(Br)ncc1C.COc1cc(OC(F)(F)F)ccc1Oc1cc(C)cc(F)c1C(=O)O.Cc1cnc(Br)cc1N. The molecular weight excluding hydrogens is 1040 g/mol. The van der Waals surface area contributed by atoms with Gasteiger partial charge in [0.1, 0.15) is 55.0 Å². The first-order valence-electron chi connectivity index (χ1n) is 18.6. The molecule has 6 rings (SSSR count). The van der Waals surface area contributed by atoms with E-state index in [1.54, 1.807) is 32.2 Å². The van der Waals surface area contributed by atoms with Crippen molar-refractivity contribution in [1.82, 2.24) is 9.97 Å². The number of nitrogens with two attached hydrogens (primary N) is 1. The Hall–Kier alpha value is -6.88. The molecule has 0 fully saturated rings. The molecule has 0 radical (unpaired) electrons. The molecule has 2 aromatic heterocycles. The van der Waals surface area contributed by atoms with E-state index in [0.29, 0.717) is 27.0 Å². The number of benzene rings is 4. The molecule has 356 valence electrons. The summed E-state index contributed by atoms with van der Waals surface area (Å²) >= 11 is 6.41. The molecule has 23 heteroatoms. The van der Waals surface area contributed by atoms with Crippen LogP contribution >= 0.6 is 31.9 Å². The number of amides is 1. The van der Waals surface area contributed by atoms with Gasteiger partial charge in [0.25, 0.3) is 5.91 Å². The summed E-state index contributed by atoms with van der Waals surface area (Å²) in [6, 6.07) is 14.3. The molecule has 0 saturated carbocycles. The van der Waals surface area contributed by atoms with E-state index < -0.39 is 58.9 Å². The number of aryl methyl sites for hydroxylation is 4. The molecule has 0 saturated heterocycles. The van der Waals surface area contributed by atoms with Crippen LogP contribution in [-0.4, -0.2) is 53.9 Å². The van der Waals surface area contributed by atoms with Crippen LogP contribution in [0.3, 0.4) is 0 Å². The summed E-state index contributed by atoms with van der Waals surface area (Å²) in [5, 5.41) is 11.7. The fourth-order valence-electron chi connectivity index (χ4n) is 5.44. The molecule has 6 aromatic rings. The summed E-state index contributed by atoms with van der Waals surface area (Å²) < 4.78 is 133. The van der Waals surface area contributed by atoms with Gasteiger partial charge < -0.3 is 44.6 Å². The van der Waals surface area contributed by atoms with Gasteiger partial charge in [0.05, 0.1) is 14.2 Å². The lowest BCUT2D eigenvalue weighted by Gasteiger charge is -2.17. The van der Waals surface area contributed by atoms with Crippen LogP contribution in [0.15, 0.2) is 94.4 Å². The fraction of sp³-hybridized carbons (Fsp3) is 0.182. The molecule has 1 amide bonds. The number of carbonyl (C=O) groups excluding carboxylic acids is 1. The second kappa shape index (κ2) is 22.5. The highest BCUT2D eigenvalue weighted by Crippen LogP contribution is 2.40. The van der Waals surface area contributed by atoms with Crippen molar-refractivity contribution in [2.45, 2.75) is 40.4 Å². The number of carboxylic acids is 1. The first kappa shape index (κ1) is 52.7. The summed E-state index contributed by atoms with van der Waals surface area (Å²) in [4.78, 5) is 32.2. The third-order valence-electron chi connectivity index (χ3n) is 8.44. The lowest BCUT2D eigenvalue weighted by molar-refractivity contribution is -0.275. The highest BCUT2D eigenvalue weighted by molar-refractivity contribution is 9.10. The Morgan fingerprint density at radius 2 is 1.04 bits per heavy atom. The second-order valence-corrected chi connectivity index (χ2v) is 15.2. The zero-order valence-electron chi connectivity index (χ0n) is 35.5. The van der Waals surface area contributed by atoms with Crippen molar-refractivity contribution < 1.29 is 78.2 Å². The summed E-state index contributed by atoms with van der Waals surface area (Å²) in [7, 11) is 2.39. The van der Waals surface area contributed by atoms with E-state index >= 15 is 0 Å². The van der Waals surface area contributed by atoms with Gasteiger partial charge in [-0.15, -0.1) is 26.3 Å². The number of aromatic nitrogens is 2. The Labute approximate surface area is 393 Å². The van der Waals surface area contributed by atoms with Crippen LogP contribution in [0.25, 0.3) is 0 Å². The third kappa shape index (κ3) is 15.6. The largest absolute Gasteiger partial charge is 0.573 e. The Bertz CT molecular complexity index is 2760. The number of carbonyl (C=O) groups is 2. The van der Waals surface area contributed by atoms with Gasteiger partial charge >= 0.3 is 18.7 Å². The number of pyridine rings is 2. The minimum Gasteiger partial charge on any atom is -0.493 e. The molecule has 0 spiro atoms. The van der Waals surface area contributed by atoms with Crippen molar-refractivity contribution in [3.8, 4) is 46.0 Å². The number of carboxylic acid groups (broad SMARTS) is 1.